The molecule has 5 nitrogen and oxygen atoms in total. The van der Waals surface area contributed by atoms with E-state index in [-0.39, 0.29) is 0 Å². The van der Waals surface area contributed by atoms with Gasteiger partial charge in [-0.05, 0) is 45.4 Å². The number of ether oxygens (including phenoxy) is 1. The van der Waals surface area contributed by atoms with Gasteiger partial charge in [0.25, 0.3) is 0 Å². The molecule has 1 rings (SSSR count). The molecule has 1 aromatic carbocycles. The number of carbonyl (C=O) groups excluding carboxylic acids is 1. The van der Waals surface area contributed by atoms with Gasteiger partial charge in [-0.15, -0.1) is 0 Å². The van der Waals surface area contributed by atoms with Gasteiger partial charge >= 0.3 is 6.09 Å². The van der Waals surface area contributed by atoms with Crippen molar-refractivity contribution >= 4 is 17.5 Å². The number of nitrogens with zero attached hydrogens (tertiary/aromatic N) is 2. The first-order chi connectivity index (χ1) is 9.14. The second kappa shape index (κ2) is 5.83. The second-order valence-corrected chi connectivity index (χ2v) is 5.82. The second-order valence-electron chi connectivity index (χ2n) is 5.82. The van der Waals surface area contributed by atoms with Crippen LogP contribution in [0.4, 0.5) is 16.2 Å². The number of anilines is 2. The predicted molar refractivity (Wildman–Crippen MR) is 80.1 cm³/mol. The Kier molecular flexibility index (Phi) is 4.61. The number of amides is 1. The number of nitrogens with one attached hydrogen (secondary N) is 1. The van der Waals surface area contributed by atoms with Crippen LogP contribution in [-0.4, -0.2) is 25.8 Å². The fourth-order valence-corrected chi connectivity index (χ4v) is 1.79. The van der Waals surface area contributed by atoms with E-state index >= 15 is 0 Å². The van der Waals surface area contributed by atoms with Gasteiger partial charge in [-0.1, -0.05) is 0 Å². The monoisotopic (exact) mass is 275 g/mol. The molecule has 20 heavy (non-hydrogen) atoms. The molecule has 0 aliphatic carbocycles. The van der Waals surface area contributed by atoms with E-state index in [0.717, 1.165) is 11.3 Å². The molecule has 108 valence electrons. The van der Waals surface area contributed by atoms with E-state index in [2.05, 4.69) is 11.4 Å². The van der Waals surface area contributed by atoms with E-state index in [0.29, 0.717) is 11.3 Å². The highest BCUT2D eigenvalue weighted by Crippen LogP contribution is 2.26. The Morgan fingerprint density at radius 1 is 1.35 bits per heavy atom. The number of benzene rings is 1. The van der Waals surface area contributed by atoms with E-state index in [1.165, 1.54) is 0 Å². The van der Waals surface area contributed by atoms with Gasteiger partial charge in [0.05, 0.1) is 11.3 Å². The Morgan fingerprint density at radius 2 is 1.95 bits per heavy atom. The van der Waals surface area contributed by atoms with Crippen LogP contribution in [0.5, 0.6) is 0 Å². The van der Waals surface area contributed by atoms with Crippen molar-refractivity contribution in [3.05, 3.63) is 23.3 Å². The molecule has 0 unspecified atom stereocenters. The fraction of sp³-hybridized carbons (Fsp3) is 0.467. The van der Waals surface area contributed by atoms with Gasteiger partial charge < -0.3 is 9.64 Å². The predicted octanol–water partition coefficient (Wildman–Crippen LogP) is 3.28. The van der Waals surface area contributed by atoms with Crippen molar-refractivity contribution < 1.29 is 9.53 Å². The van der Waals surface area contributed by atoms with Crippen molar-refractivity contribution in [3.63, 3.8) is 0 Å². The van der Waals surface area contributed by atoms with Crippen LogP contribution >= 0.6 is 0 Å². The maximum absolute atomic E-state index is 11.8. The fourth-order valence-electron chi connectivity index (χ4n) is 1.79. The van der Waals surface area contributed by atoms with Crippen molar-refractivity contribution in [1.29, 1.82) is 5.26 Å². The average Bonchev–Trinajstić information content (AvgIpc) is 2.25. The lowest BCUT2D eigenvalue weighted by molar-refractivity contribution is 0.0636. The van der Waals surface area contributed by atoms with Crippen LogP contribution < -0.4 is 10.2 Å². The number of hydrogen-bond acceptors (Lipinski definition) is 4. The first-order valence-corrected chi connectivity index (χ1v) is 6.36. The summed E-state index contributed by atoms with van der Waals surface area (Å²) in [6, 6.07) is 5.62. The zero-order valence-electron chi connectivity index (χ0n) is 12.9. The van der Waals surface area contributed by atoms with Crippen LogP contribution in [-0.2, 0) is 4.74 Å². The van der Waals surface area contributed by atoms with Crippen molar-refractivity contribution in [3.8, 4) is 6.07 Å². The number of aryl methyl sites for hydroxylation is 1. The normalized spacial score (nSPS) is 10.7. The third-order valence-corrected chi connectivity index (χ3v) is 2.57. The molecular weight excluding hydrogens is 254 g/mol. The number of rotatable bonds is 2. The molecule has 0 radical (unpaired) electrons. The molecule has 5 heteroatoms. The molecule has 1 amide bonds. The minimum Gasteiger partial charge on any atom is -0.444 e. The summed E-state index contributed by atoms with van der Waals surface area (Å²) in [5.74, 6) is 0. The molecule has 1 N–H and O–H groups in total. The smallest absolute Gasteiger partial charge is 0.412 e. The van der Waals surface area contributed by atoms with Crippen LogP contribution in [0.15, 0.2) is 12.1 Å². The van der Waals surface area contributed by atoms with E-state index in [1.54, 1.807) is 32.9 Å². The largest absolute Gasteiger partial charge is 0.444 e. The Hall–Kier alpha value is -2.22. The topological polar surface area (TPSA) is 65.4 Å². The van der Waals surface area contributed by atoms with E-state index in [4.69, 9.17) is 4.74 Å². The molecule has 0 heterocycles. The summed E-state index contributed by atoms with van der Waals surface area (Å²) in [5, 5.41) is 11.8. The molecule has 0 aliphatic rings. The molecule has 0 atom stereocenters. The lowest BCUT2D eigenvalue weighted by atomic mass is 10.1. The molecule has 0 fully saturated rings. The van der Waals surface area contributed by atoms with Crippen molar-refractivity contribution in [2.45, 2.75) is 33.3 Å². The lowest BCUT2D eigenvalue weighted by Gasteiger charge is -2.21. The molecule has 0 spiro atoms. The zero-order valence-corrected chi connectivity index (χ0v) is 12.9. The number of nitriles is 1. The van der Waals surface area contributed by atoms with Crippen LogP contribution in [0.2, 0.25) is 0 Å². The van der Waals surface area contributed by atoms with Gasteiger partial charge in [0, 0.05) is 19.8 Å². The molecule has 0 aromatic heterocycles. The Morgan fingerprint density at radius 3 is 2.40 bits per heavy atom. The molecule has 0 saturated heterocycles. The summed E-state index contributed by atoms with van der Waals surface area (Å²) in [6.07, 6.45) is -0.564. The third kappa shape index (κ3) is 4.16. The number of hydrogen-bond donors (Lipinski definition) is 1. The first kappa shape index (κ1) is 15.8. The van der Waals surface area contributed by atoms with Crippen LogP contribution in [0.1, 0.15) is 31.9 Å². The molecule has 0 aliphatic heterocycles. The maximum Gasteiger partial charge on any atom is 0.412 e. The van der Waals surface area contributed by atoms with Crippen LogP contribution in [0, 0.1) is 18.3 Å². The maximum atomic E-state index is 11.8. The van der Waals surface area contributed by atoms with Gasteiger partial charge in [0.2, 0.25) is 0 Å². The summed E-state index contributed by atoms with van der Waals surface area (Å²) in [6.45, 7) is 7.30. The highest BCUT2D eigenvalue weighted by atomic mass is 16.6. The van der Waals surface area contributed by atoms with Crippen molar-refractivity contribution in [1.82, 2.24) is 0 Å². The van der Waals surface area contributed by atoms with Crippen molar-refractivity contribution in [2.75, 3.05) is 24.3 Å². The highest BCUT2D eigenvalue weighted by molar-refractivity contribution is 5.88. The standard InChI is InChI=1S/C15H21N3O2/c1-10-7-12(17-14(19)20-15(2,3)4)11(9-16)8-13(10)18(5)6/h7-8H,1-6H3,(H,17,19). The van der Waals surface area contributed by atoms with Gasteiger partial charge in [0.1, 0.15) is 11.7 Å². The minimum absolute atomic E-state index is 0.408. The minimum atomic E-state index is -0.574. The van der Waals surface area contributed by atoms with Gasteiger partial charge in [-0.25, -0.2) is 4.79 Å². The Labute approximate surface area is 120 Å². The molecule has 1 aromatic rings. The zero-order chi connectivity index (χ0) is 15.5. The van der Waals surface area contributed by atoms with Crippen LogP contribution in [0.25, 0.3) is 0 Å². The quantitative estimate of drug-likeness (QED) is 0.899. The lowest BCUT2D eigenvalue weighted by Crippen LogP contribution is -2.27. The highest BCUT2D eigenvalue weighted by Gasteiger charge is 2.18. The van der Waals surface area contributed by atoms with E-state index in [9.17, 15) is 10.1 Å². The molecule has 0 saturated carbocycles. The SMILES string of the molecule is Cc1cc(NC(=O)OC(C)(C)C)c(C#N)cc1N(C)C. The van der Waals surface area contributed by atoms with Crippen molar-refractivity contribution in [2.24, 2.45) is 0 Å². The summed E-state index contributed by atoms with van der Waals surface area (Å²) >= 11 is 0. The average molecular weight is 275 g/mol. The third-order valence-electron chi connectivity index (χ3n) is 2.57. The Balaban J connectivity index is 3.05. The number of carbonyl (C=O) groups is 1. The molecule has 0 bridgehead atoms. The summed E-state index contributed by atoms with van der Waals surface area (Å²) in [5.41, 5.74) is 2.21. The summed E-state index contributed by atoms with van der Waals surface area (Å²) in [7, 11) is 3.81. The van der Waals surface area contributed by atoms with Crippen LogP contribution in [0.3, 0.4) is 0 Å². The van der Waals surface area contributed by atoms with E-state index in [1.807, 2.05) is 25.9 Å². The first-order valence-electron chi connectivity index (χ1n) is 6.36. The summed E-state index contributed by atoms with van der Waals surface area (Å²) in [4.78, 5) is 13.7. The van der Waals surface area contributed by atoms with Gasteiger partial charge in [-0.3, -0.25) is 5.32 Å². The molecular formula is C15H21N3O2. The van der Waals surface area contributed by atoms with Gasteiger partial charge in [0.15, 0.2) is 0 Å². The summed E-state index contributed by atoms with van der Waals surface area (Å²) < 4.78 is 5.19. The van der Waals surface area contributed by atoms with E-state index < -0.39 is 11.7 Å². The van der Waals surface area contributed by atoms with Gasteiger partial charge in [-0.2, -0.15) is 5.26 Å². The Bertz CT molecular complexity index is 551.